The second-order valence-electron chi connectivity index (χ2n) is 2.97. The Kier molecular flexibility index (Phi) is 1.26. The summed E-state index contributed by atoms with van der Waals surface area (Å²) in [4.78, 5) is 0. The zero-order chi connectivity index (χ0) is 7.90. The monoisotopic (exact) mass is 155 g/mol. The van der Waals surface area contributed by atoms with E-state index in [-0.39, 0.29) is 0 Å². The van der Waals surface area contributed by atoms with Crippen molar-refractivity contribution in [2.75, 3.05) is 13.1 Å². The molecule has 2 rings (SSSR count). The predicted octanol–water partition coefficient (Wildman–Crippen LogP) is 0.188. The maximum atomic E-state index is 13.5. The van der Waals surface area contributed by atoms with E-state index in [1.165, 1.54) is 0 Å². The maximum absolute atomic E-state index is 13.5. The number of nitrogens with zero attached hydrogens (tertiary/aromatic N) is 2. The number of aromatic nitrogens is 2. The molecule has 1 aliphatic heterocycles. The summed E-state index contributed by atoms with van der Waals surface area (Å²) in [6.45, 7) is 0.831. The smallest absolute Gasteiger partial charge is 0.163 e. The second-order valence-corrected chi connectivity index (χ2v) is 2.97. The number of rotatable bonds is 1. The predicted molar refractivity (Wildman–Crippen MR) is 38.9 cm³/mol. The molecule has 3 nitrogen and oxygen atoms in total. The Balaban J connectivity index is 2.28. The fourth-order valence-electron chi connectivity index (χ4n) is 1.20. The number of hydrogen-bond acceptors (Lipinski definition) is 2. The molecule has 11 heavy (non-hydrogen) atoms. The van der Waals surface area contributed by atoms with Gasteiger partial charge in [-0.05, 0) is 0 Å². The molecular weight excluding hydrogens is 145 g/mol. The molecule has 4 heteroatoms. The number of hydrogen-bond donors (Lipinski definition) is 1. The molecule has 0 bridgehead atoms. The SMILES string of the molecule is Cn1cc(C2(F)CNC2)cn1. The van der Waals surface area contributed by atoms with Gasteiger partial charge in [-0.2, -0.15) is 5.10 Å². The van der Waals surface area contributed by atoms with E-state index in [0.717, 1.165) is 0 Å². The first kappa shape index (κ1) is 6.79. The molecule has 0 amide bonds. The summed E-state index contributed by atoms with van der Waals surface area (Å²) in [5.74, 6) is 0. The Bertz CT molecular complexity index is 264. The van der Waals surface area contributed by atoms with Crippen molar-refractivity contribution in [3.63, 3.8) is 0 Å². The molecule has 0 atom stereocenters. The van der Waals surface area contributed by atoms with Crippen LogP contribution in [0.15, 0.2) is 12.4 Å². The molecule has 1 N–H and O–H groups in total. The number of alkyl halides is 1. The zero-order valence-corrected chi connectivity index (χ0v) is 6.34. The molecule has 1 aliphatic rings. The number of aryl methyl sites for hydroxylation is 1. The van der Waals surface area contributed by atoms with Crippen molar-refractivity contribution >= 4 is 0 Å². The fraction of sp³-hybridized carbons (Fsp3) is 0.571. The molecule has 60 valence electrons. The average Bonchev–Trinajstić information content (AvgIpc) is 2.31. The molecular formula is C7H10FN3. The summed E-state index contributed by atoms with van der Waals surface area (Å²) in [5.41, 5.74) is -0.479. The quantitative estimate of drug-likeness (QED) is 0.627. The highest BCUT2D eigenvalue weighted by molar-refractivity contribution is 5.20. The highest BCUT2D eigenvalue weighted by atomic mass is 19.1. The Hall–Kier alpha value is -0.900. The van der Waals surface area contributed by atoms with Gasteiger partial charge in [0, 0.05) is 31.9 Å². The summed E-state index contributed by atoms with van der Waals surface area (Å²) in [5, 5.41) is 6.81. The van der Waals surface area contributed by atoms with Crippen molar-refractivity contribution < 1.29 is 4.39 Å². The van der Waals surface area contributed by atoms with Crippen LogP contribution >= 0.6 is 0 Å². The van der Waals surface area contributed by atoms with Gasteiger partial charge in [-0.3, -0.25) is 4.68 Å². The largest absolute Gasteiger partial charge is 0.310 e. The zero-order valence-electron chi connectivity index (χ0n) is 6.34. The third-order valence-electron chi connectivity index (χ3n) is 2.03. The van der Waals surface area contributed by atoms with Crippen LogP contribution in [0, 0.1) is 0 Å². The highest BCUT2D eigenvalue weighted by Gasteiger charge is 2.39. The van der Waals surface area contributed by atoms with Gasteiger partial charge in [0.25, 0.3) is 0 Å². The Labute approximate surface area is 64.2 Å². The lowest BCUT2D eigenvalue weighted by atomic mass is 9.93. The Morgan fingerprint density at radius 2 is 2.45 bits per heavy atom. The van der Waals surface area contributed by atoms with Gasteiger partial charge in [0.15, 0.2) is 5.67 Å². The minimum atomic E-state index is -1.16. The first-order chi connectivity index (χ1) is 5.21. The number of halogens is 1. The van der Waals surface area contributed by atoms with E-state index in [2.05, 4.69) is 10.4 Å². The van der Waals surface area contributed by atoms with Crippen LogP contribution in [0.5, 0.6) is 0 Å². The maximum Gasteiger partial charge on any atom is 0.163 e. The minimum Gasteiger partial charge on any atom is -0.310 e. The van der Waals surface area contributed by atoms with Crippen LogP contribution in [0.3, 0.4) is 0 Å². The van der Waals surface area contributed by atoms with Crippen LogP contribution in [-0.2, 0) is 12.7 Å². The normalized spacial score (nSPS) is 21.3. The summed E-state index contributed by atoms with van der Waals surface area (Å²) in [7, 11) is 1.79. The van der Waals surface area contributed by atoms with Crippen LogP contribution in [-0.4, -0.2) is 22.9 Å². The van der Waals surface area contributed by atoms with E-state index >= 15 is 0 Å². The lowest BCUT2D eigenvalue weighted by Gasteiger charge is -2.33. The first-order valence-electron chi connectivity index (χ1n) is 3.59. The highest BCUT2D eigenvalue weighted by Crippen LogP contribution is 2.28. The molecule has 0 radical (unpaired) electrons. The molecule has 2 heterocycles. The van der Waals surface area contributed by atoms with Crippen molar-refractivity contribution in [2.24, 2.45) is 7.05 Å². The molecule has 1 aromatic heterocycles. The molecule has 0 aliphatic carbocycles. The van der Waals surface area contributed by atoms with Gasteiger partial charge in [-0.25, -0.2) is 4.39 Å². The van der Waals surface area contributed by atoms with Gasteiger partial charge >= 0.3 is 0 Å². The molecule has 0 aromatic carbocycles. The fourth-order valence-corrected chi connectivity index (χ4v) is 1.20. The topological polar surface area (TPSA) is 29.9 Å². The van der Waals surface area contributed by atoms with E-state index in [1.807, 2.05) is 0 Å². The van der Waals surface area contributed by atoms with Crippen LogP contribution in [0.25, 0.3) is 0 Å². The Morgan fingerprint density at radius 3 is 2.82 bits per heavy atom. The van der Waals surface area contributed by atoms with Crippen molar-refractivity contribution in [3.8, 4) is 0 Å². The van der Waals surface area contributed by atoms with Crippen molar-refractivity contribution in [2.45, 2.75) is 5.67 Å². The van der Waals surface area contributed by atoms with Gasteiger partial charge in [-0.1, -0.05) is 0 Å². The molecule has 0 spiro atoms. The van der Waals surface area contributed by atoms with Crippen LogP contribution in [0.4, 0.5) is 4.39 Å². The molecule has 0 unspecified atom stereocenters. The lowest BCUT2D eigenvalue weighted by Crippen LogP contribution is -2.53. The van der Waals surface area contributed by atoms with Crippen LogP contribution in [0.2, 0.25) is 0 Å². The van der Waals surface area contributed by atoms with E-state index in [4.69, 9.17) is 0 Å². The molecule has 1 aromatic rings. The molecule has 1 fully saturated rings. The van der Waals surface area contributed by atoms with Crippen LogP contribution in [0.1, 0.15) is 5.56 Å². The standard InChI is InChI=1S/C7H10FN3/c1-11-3-6(2-10-11)7(8)4-9-5-7/h2-3,9H,4-5H2,1H3. The summed E-state index contributed by atoms with van der Waals surface area (Å²) < 4.78 is 15.2. The summed E-state index contributed by atoms with van der Waals surface area (Å²) in [6, 6.07) is 0. The van der Waals surface area contributed by atoms with Gasteiger partial charge in [0.05, 0.1) is 6.20 Å². The van der Waals surface area contributed by atoms with E-state index in [9.17, 15) is 4.39 Å². The lowest BCUT2D eigenvalue weighted by molar-refractivity contribution is 0.0891. The number of nitrogens with one attached hydrogen (secondary N) is 1. The summed E-state index contributed by atoms with van der Waals surface area (Å²) >= 11 is 0. The van der Waals surface area contributed by atoms with E-state index in [1.54, 1.807) is 24.1 Å². The van der Waals surface area contributed by atoms with Crippen molar-refractivity contribution in [1.82, 2.24) is 15.1 Å². The molecule has 1 saturated heterocycles. The van der Waals surface area contributed by atoms with Crippen molar-refractivity contribution in [1.29, 1.82) is 0 Å². The average molecular weight is 155 g/mol. The second kappa shape index (κ2) is 2.04. The minimum absolute atomic E-state index is 0.415. The van der Waals surface area contributed by atoms with E-state index in [0.29, 0.717) is 18.7 Å². The van der Waals surface area contributed by atoms with Crippen LogP contribution < -0.4 is 5.32 Å². The third kappa shape index (κ3) is 0.939. The Morgan fingerprint density at radius 1 is 1.73 bits per heavy atom. The van der Waals surface area contributed by atoms with Gasteiger partial charge in [-0.15, -0.1) is 0 Å². The van der Waals surface area contributed by atoms with Crippen molar-refractivity contribution in [3.05, 3.63) is 18.0 Å². The van der Waals surface area contributed by atoms with Gasteiger partial charge < -0.3 is 5.32 Å². The van der Waals surface area contributed by atoms with Gasteiger partial charge in [0.1, 0.15) is 0 Å². The molecule has 0 saturated carbocycles. The first-order valence-corrected chi connectivity index (χ1v) is 3.59. The third-order valence-corrected chi connectivity index (χ3v) is 2.03. The van der Waals surface area contributed by atoms with E-state index < -0.39 is 5.67 Å². The van der Waals surface area contributed by atoms with Gasteiger partial charge in [0.2, 0.25) is 0 Å². The summed E-state index contributed by atoms with van der Waals surface area (Å²) in [6.07, 6.45) is 3.31.